The quantitative estimate of drug-likeness (QED) is 0.714. The third-order valence-electron chi connectivity index (χ3n) is 1.43. The SMILES string of the molecule is CCNCC(=O)Nc1cc(C)on1. The van der Waals surface area contributed by atoms with Crippen molar-refractivity contribution < 1.29 is 9.32 Å². The number of likely N-dealkylation sites (N-methyl/N-ethyl adjacent to an activating group) is 1. The van der Waals surface area contributed by atoms with Crippen molar-refractivity contribution >= 4 is 11.7 Å². The van der Waals surface area contributed by atoms with Gasteiger partial charge in [-0.1, -0.05) is 12.1 Å². The first kappa shape index (κ1) is 9.73. The van der Waals surface area contributed by atoms with Crippen molar-refractivity contribution in [3.63, 3.8) is 0 Å². The van der Waals surface area contributed by atoms with E-state index < -0.39 is 0 Å². The van der Waals surface area contributed by atoms with E-state index in [2.05, 4.69) is 15.8 Å². The molecule has 0 atom stereocenters. The molecule has 1 amide bonds. The Morgan fingerprint density at radius 3 is 3.00 bits per heavy atom. The highest BCUT2D eigenvalue weighted by Crippen LogP contribution is 2.05. The first-order valence-corrected chi connectivity index (χ1v) is 4.16. The number of aromatic nitrogens is 1. The molecule has 0 saturated heterocycles. The smallest absolute Gasteiger partial charge is 0.239 e. The fraction of sp³-hybridized carbons (Fsp3) is 0.500. The number of carbonyl (C=O) groups excluding carboxylic acids is 1. The maximum Gasteiger partial charge on any atom is 0.239 e. The van der Waals surface area contributed by atoms with Crippen LogP contribution >= 0.6 is 0 Å². The van der Waals surface area contributed by atoms with Gasteiger partial charge in [-0.15, -0.1) is 0 Å². The third-order valence-corrected chi connectivity index (χ3v) is 1.43. The molecule has 1 heterocycles. The number of anilines is 1. The Kier molecular flexibility index (Phi) is 3.45. The third kappa shape index (κ3) is 3.25. The molecular formula is C8H13N3O2. The zero-order valence-corrected chi connectivity index (χ0v) is 7.76. The Balaban J connectivity index is 2.36. The normalized spacial score (nSPS) is 10.0. The van der Waals surface area contributed by atoms with Gasteiger partial charge >= 0.3 is 0 Å². The maximum absolute atomic E-state index is 11.1. The molecule has 0 aliphatic heterocycles. The van der Waals surface area contributed by atoms with Crippen LogP contribution in [0.3, 0.4) is 0 Å². The zero-order valence-electron chi connectivity index (χ0n) is 7.76. The van der Waals surface area contributed by atoms with Crippen molar-refractivity contribution in [2.45, 2.75) is 13.8 Å². The highest BCUT2D eigenvalue weighted by molar-refractivity contribution is 5.91. The number of nitrogens with zero attached hydrogens (tertiary/aromatic N) is 1. The molecule has 0 spiro atoms. The topological polar surface area (TPSA) is 67.2 Å². The lowest BCUT2D eigenvalue weighted by molar-refractivity contribution is -0.115. The highest BCUT2D eigenvalue weighted by atomic mass is 16.5. The summed E-state index contributed by atoms with van der Waals surface area (Å²) in [5.41, 5.74) is 0. The molecule has 5 nitrogen and oxygen atoms in total. The second kappa shape index (κ2) is 4.61. The molecular weight excluding hydrogens is 170 g/mol. The molecule has 0 saturated carbocycles. The van der Waals surface area contributed by atoms with Crippen molar-refractivity contribution in [3.8, 4) is 0 Å². The van der Waals surface area contributed by atoms with Crippen molar-refractivity contribution in [2.75, 3.05) is 18.4 Å². The van der Waals surface area contributed by atoms with E-state index in [1.165, 1.54) is 0 Å². The van der Waals surface area contributed by atoms with Gasteiger partial charge in [-0.25, -0.2) is 0 Å². The minimum atomic E-state index is -0.116. The molecule has 0 unspecified atom stereocenters. The molecule has 0 radical (unpaired) electrons. The molecule has 2 N–H and O–H groups in total. The molecule has 1 aromatic heterocycles. The second-order valence-electron chi connectivity index (χ2n) is 2.65. The lowest BCUT2D eigenvalue weighted by Crippen LogP contribution is -2.27. The van der Waals surface area contributed by atoms with Gasteiger partial charge in [0.15, 0.2) is 5.82 Å². The molecule has 0 fully saturated rings. The number of hydrogen-bond acceptors (Lipinski definition) is 4. The number of nitrogens with one attached hydrogen (secondary N) is 2. The van der Waals surface area contributed by atoms with Crippen LogP contribution in [-0.4, -0.2) is 24.2 Å². The molecule has 0 aliphatic rings. The molecule has 13 heavy (non-hydrogen) atoms. The van der Waals surface area contributed by atoms with Crippen molar-refractivity contribution in [2.24, 2.45) is 0 Å². The number of rotatable bonds is 4. The molecule has 72 valence electrons. The van der Waals surface area contributed by atoms with Crippen LogP contribution in [0.4, 0.5) is 5.82 Å². The minimum absolute atomic E-state index is 0.116. The lowest BCUT2D eigenvalue weighted by Gasteiger charge is -2.00. The average Bonchev–Trinajstić information content (AvgIpc) is 2.48. The number of amides is 1. The van der Waals surface area contributed by atoms with Gasteiger partial charge < -0.3 is 15.2 Å². The van der Waals surface area contributed by atoms with E-state index in [9.17, 15) is 4.79 Å². The van der Waals surface area contributed by atoms with Gasteiger partial charge in [-0.05, 0) is 13.5 Å². The van der Waals surface area contributed by atoms with Gasteiger partial charge in [0.1, 0.15) is 5.76 Å². The van der Waals surface area contributed by atoms with E-state index in [1.54, 1.807) is 13.0 Å². The zero-order chi connectivity index (χ0) is 9.68. The van der Waals surface area contributed by atoms with Crippen LogP contribution in [0.25, 0.3) is 0 Å². The number of hydrogen-bond donors (Lipinski definition) is 2. The van der Waals surface area contributed by atoms with Gasteiger partial charge in [-0.2, -0.15) is 0 Å². The van der Waals surface area contributed by atoms with E-state index >= 15 is 0 Å². The molecule has 1 rings (SSSR count). The molecule has 5 heteroatoms. The van der Waals surface area contributed by atoms with Crippen LogP contribution in [-0.2, 0) is 4.79 Å². The van der Waals surface area contributed by atoms with Gasteiger partial charge in [0.25, 0.3) is 0 Å². The Bertz CT molecular complexity index is 283. The predicted octanol–water partition coefficient (Wildman–Crippen LogP) is 0.531. The Morgan fingerprint density at radius 2 is 2.46 bits per heavy atom. The standard InChI is InChI=1S/C8H13N3O2/c1-3-9-5-8(12)10-7-4-6(2)13-11-7/h4,9H,3,5H2,1-2H3,(H,10,11,12). The summed E-state index contributed by atoms with van der Waals surface area (Å²) in [6.07, 6.45) is 0. The Hall–Kier alpha value is -1.36. The van der Waals surface area contributed by atoms with Gasteiger partial charge in [0, 0.05) is 6.07 Å². The van der Waals surface area contributed by atoms with Crippen LogP contribution in [0, 0.1) is 6.92 Å². The number of aryl methyl sites for hydroxylation is 1. The monoisotopic (exact) mass is 183 g/mol. The summed E-state index contributed by atoms with van der Waals surface area (Å²) >= 11 is 0. The summed E-state index contributed by atoms with van der Waals surface area (Å²) in [5.74, 6) is 1.02. The van der Waals surface area contributed by atoms with Gasteiger partial charge in [0.2, 0.25) is 5.91 Å². The van der Waals surface area contributed by atoms with Crippen molar-refractivity contribution in [1.29, 1.82) is 0 Å². The largest absolute Gasteiger partial charge is 0.360 e. The molecule has 0 bridgehead atoms. The summed E-state index contributed by atoms with van der Waals surface area (Å²) in [5, 5.41) is 9.13. The summed E-state index contributed by atoms with van der Waals surface area (Å²) in [6, 6.07) is 1.67. The van der Waals surface area contributed by atoms with Crippen LogP contribution in [0.2, 0.25) is 0 Å². The fourth-order valence-corrected chi connectivity index (χ4v) is 0.851. The van der Waals surface area contributed by atoms with Crippen LogP contribution in [0.1, 0.15) is 12.7 Å². The maximum atomic E-state index is 11.1. The first-order chi connectivity index (χ1) is 6.22. The van der Waals surface area contributed by atoms with E-state index in [1.807, 2.05) is 6.92 Å². The van der Waals surface area contributed by atoms with Crippen molar-refractivity contribution in [3.05, 3.63) is 11.8 Å². The van der Waals surface area contributed by atoms with Crippen LogP contribution < -0.4 is 10.6 Å². The fourth-order valence-electron chi connectivity index (χ4n) is 0.851. The predicted molar refractivity (Wildman–Crippen MR) is 48.4 cm³/mol. The molecule has 1 aromatic rings. The molecule has 0 aromatic carbocycles. The average molecular weight is 183 g/mol. The highest BCUT2D eigenvalue weighted by Gasteiger charge is 2.04. The lowest BCUT2D eigenvalue weighted by atomic mass is 10.4. The van der Waals surface area contributed by atoms with Crippen molar-refractivity contribution in [1.82, 2.24) is 10.5 Å². The summed E-state index contributed by atoms with van der Waals surface area (Å²) < 4.78 is 4.78. The van der Waals surface area contributed by atoms with Crippen LogP contribution in [0.5, 0.6) is 0 Å². The number of carbonyl (C=O) groups is 1. The van der Waals surface area contributed by atoms with E-state index in [-0.39, 0.29) is 5.91 Å². The first-order valence-electron chi connectivity index (χ1n) is 4.16. The minimum Gasteiger partial charge on any atom is -0.360 e. The van der Waals surface area contributed by atoms with E-state index in [0.29, 0.717) is 18.1 Å². The Morgan fingerprint density at radius 1 is 1.69 bits per heavy atom. The second-order valence-corrected chi connectivity index (χ2v) is 2.65. The summed E-state index contributed by atoms with van der Waals surface area (Å²) in [6.45, 7) is 4.77. The van der Waals surface area contributed by atoms with Gasteiger partial charge in [0.05, 0.1) is 6.54 Å². The summed E-state index contributed by atoms with van der Waals surface area (Å²) in [4.78, 5) is 11.1. The molecule has 0 aliphatic carbocycles. The summed E-state index contributed by atoms with van der Waals surface area (Å²) in [7, 11) is 0. The Labute approximate surface area is 76.5 Å². The van der Waals surface area contributed by atoms with Crippen LogP contribution in [0.15, 0.2) is 10.6 Å². The van der Waals surface area contributed by atoms with E-state index in [4.69, 9.17) is 4.52 Å². The van der Waals surface area contributed by atoms with Gasteiger partial charge in [-0.3, -0.25) is 4.79 Å². The van der Waals surface area contributed by atoms with E-state index in [0.717, 1.165) is 6.54 Å².